The van der Waals surface area contributed by atoms with Crippen LogP contribution in [0.25, 0.3) is 11.3 Å². The number of anilines is 1. The van der Waals surface area contributed by atoms with Crippen LogP contribution in [0.3, 0.4) is 0 Å². The molecular weight excluding hydrogens is 617 g/mol. The molecule has 1 aliphatic heterocycles. The summed E-state index contributed by atoms with van der Waals surface area (Å²) in [4.78, 5) is 28.8. The van der Waals surface area contributed by atoms with Gasteiger partial charge in [0, 0.05) is 48.4 Å². The van der Waals surface area contributed by atoms with Crippen LogP contribution in [0.4, 0.5) is 5.69 Å². The molecule has 0 bridgehead atoms. The number of carboxylic acids is 2. The Bertz CT molecular complexity index is 1840. The fourth-order valence-electron chi connectivity index (χ4n) is 4.54. The quantitative estimate of drug-likeness (QED) is 0.218. The van der Waals surface area contributed by atoms with Crippen LogP contribution >= 0.6 is 11.3 Å². The molecule has 1 fully saturated rings. The topological polar surface area (TPSA) is 149 Å². The lowest BCUT2D eigenvalue weighted by atomic mass is 10.1. The van der Waals surface area contributed by atoms with Gasteiger partial charge in [0.05, 0.1) is 11.3 Å². The maximum absolute atomic E-state index is 12.5. The van der Waals surface area contributed by atoms with Crippen LogP contribution in [-0.4, -0.2) is 72.1 Å². The molecule has 232 valence electrons. The molecule has 0 spiro atoms. The van der Waals surface area contributed by atoms with Gasteiger partial charge in [-0.25, -0.2) is 9.78 Å². The number of carboxylic acid groups (broad SMARTS) is 2. The molecule has 1 atom stereocenters. The van der Waals surface area contributed by atoms with Gasteiger partial charge in [-0.1, -0.05) is 30.2 Å². The van der Waals surface area contributed by atoms with Gasteiger partial charge in [-0.2, -0.15) is 17.4 Å². The minimum atomic E-state index is -3.88. The lowest BCUT2D eigenvalue weighted by molar-refractivity contribution is -0.138. The first-order valence-electron chi connectivity index (χ1n) is 14.0. The summed E-state index contributed by atoms with van der Waals surface area (Å²) < 4.78 is 34.3. The SMILES string of the molecule is C[C@@H](NS(=O)(=O)N1CCN(c2ccc(C#Cc3nc(-c4cccc(OCc5ccc(C(=O)O)cc5)c4)cs3)cc2)CC1)C(=O)O. The van der Waals surface area contributed by atoms with Gasteiger partial charge in [-0.15, -0.1) is 11.3 Å². The average molecular weight is 647 g/mol. The van der Waals surface area contributed by atoms with E-state index in [0.717, 1.165) is 28.1 Å². The molecule has 0 radical (unpaired) electrons. The number of hydrogen-bond acceptors (Lipinski definition) is 8. The van der Waals surface area contributed by atoms with Crippen molar-refractivity contribution in [2.75, 3.05) is 31.1 Å². The molecule has 3 N–H and O–H groups in total. The second kappa shape index (κ2) is 13.9. The Labute approximate surface area is 264 Å². The number of rotatable bonds is 10. The maximum Gasteiger partial charge on any atom is 0.335 e. The second-order valence-corrected chi connectivity index (χ2v) is 12.8. The van der Waals surface area contributed by atoms with E-state index in [1.165, 1.54) is 22.6 Å². The van der Waals surface area contributed by atoms with Gasteiger partial charge in [-0.05, 0) is 66.9 Å². The van der Waals surface area contributed by atoms with Crippen LogP contribution in [0.5, 0.6) is 5.75 Å². The third-order valence-corrected chi connectivity index (χ3v) is 9.52. The summed E-state index contributed by atoms with van der Waals surface area (Å²) >= 11 is 1.44. The monoisotopic (exact) mass is 646 g/mol. The van der Waals surface area contributed by atoms with E-state index in [1.54, 1.807) is 24.3 Å². The number of aromatic nitrogens is 1. The van der Waals surface area contributed by atoms with Crippen molar-refractivity contribution in [3.8, 4) is 28.8 Å². The zero-order valence-electron chi connectivity index (χ0n) is 24.2. The van der Waals surface area contributed by atoms with E-state index in [0.29, 0.717) is 30.5 Å². The van der Waals surface area contributed by atoms with Crippen LogP contribution in [0, 0.1) is 11.8 Å². The Hall–Kier alpha value is -4.74. The maximum atomic E-state index is 12.5. The van der Waals surface area contributed by atoms with Crippen LogP contribution < -0.4 is 14.4 Å². The molecule has 3 aromatic carbocycles. The molecule has 2 heterocycles. The first-order valence-corrected chi connectivity index (χ1v) is 16.3. The standard InChI is InChI=1S/C32H30N4O7S2/c1-22(31(37)38)34-45(41,42)36-17-15-35(16-18-36)27-12-7-23(8-13-27)9-14-30-33-29(21-44-30)26-3-2-4-28(19-26)43-20-24-5-10-25(11-6-24)32(39)40/h2-8,10-13,19,21-22,34H,15-18,20H2,1H3,(H,37,38)(H,39,40)/t22-/m1/s1. The fourth-order valence-corrected chi connectivity index (χ4v) is 6.55. The zero-order chi connectivity index (χ0) is 32.0. The number of ether oxygens (including phenoxy) is 1. The molecule has 4 aromatic rings. The summed E-state index contributed by atoms with van der Waals surface area (Å²) in [6, 6.07) is 20.7. The number of aliphatic carboxylic acids is 1. The summed E-state index contributed by atoms with van der Waals surface area (Å²) in [5.74, 6) is 4.74. The minimum Gasteiger partial charge on any atom is -0.489 e. The number of piperazine rings is 1. The highest BCUT2D eigenvalue weighted by molar-refractivity contribution is 7.87. The molecule has 0 amide bonds. The number of aromatic carboxylic acids is 1. The van der Waals surface area contributed by atoms with Gasteiger partial charge in [0.2, 0.25) is 0 Å². The van der Waals surface area contributed by atoms with E-state index in [4.69, 9.17) is 14.9 Å². The van der Waals surface area contributed by atoms with E-state index >= 15 is 0 Å². The molecule has 11 nitrogen and oxygen atoms in total. The normalized spacial score (nSPS) is 14.3. The Morgan fingerprint density at radius 2 is 1.71 bits per heavy atom. The Balaban J connectivity index is 1.15. The molecular formula is C32H30N4O7S2. The molecule has 1 aliphatic rings. The summed E-state index contributed by atoms with van der Waals surface area (Å²) in [5, 5.41) is 20.7. The van der Waals surface area contributed by atoms with Crippen molar-refractivity contribution in [2.24, 2.45) is 0 Å². The van der Waals surface area contributed by atoms with Gasteiger partial charge in [0.1, 0.15) is 18.4 Å². The van der Waals surface area contributed by atoms with Crippen LogP contribution in [0.1, 0.15) is 33.4 Å². The number of hydrogen-bond donors (Lipinski definition) is 3. The third-order valence-electron chi connectivity index (χ3n) is 7.06. The molecule has 45 heavy (non-hydrogen) atoms. The summed E-state index contributed by atoms with van der Waals surface area (Å²) in [7, 11) is -3.88. The predicted molar refractivity (Wildman–Crippen MR) is 171 cm³/mol. The number of nitrogens with zero attached hydrogens (tertiary/aromatic N) is 3. The highest BCUT2D eigenvalue weighted by Crippen LogP contribution is 2.26. The molecule has 1 aromatic heterocycles. The first kappa shape index (κ1) is 31.7. The lowest BCUT2D eigenvalue weighted by Gasteiger charge is -2.35. The van der Waals surface area contributed by atoms with Crippen molar-refractivity contribution < 1.29 is 33.0 Å². The second-order valence-electron chi connectivity index (χ2n) is 10.2. The van der Waals surface area contributed by atoms with Crippen molar-refractivity contribution >= 4 is 39.2 Å². The molecule has 1 saturated heterocycles. The predicted octanol–water partition coefficient (Wildman–Crippen LogP) is 3.92. The summed E-state index contributed by atoms with van der Waals surface area (Å²) in [5.41, 5.74) is 4.52. The highest BCUT2D eigenvalue weighted by atomic mass is 32.2. The Morgan fingerprint density at radius 1 is 1.00 bits per heavy atom. The number of thiazole rings is 1. The third kappa shape index (κ3) is 8.25. The smallest absolute Gasteiger partial charge is 0.335 e. The van der Waals surface area contributed by atoms with Crippen molar-refractivity contribution in [1.82, 2.24) is 14.0 Å². The van der Waals surface area contributed by atoms with Crippen LogP contribution in [-0.2, 0) is 21.6 Å². The van der Waals surface area contributed by atoms with E-state index in [2.05, 4.69) is 26.4 Å². The fraction of sp³-hybridized carbons (Fsp3) is 0.219. The van der Waals surface area contributed by atoms with Gasteiger partial charge in [0.25, 0.3) is 10.2 Å². The first-order chi connectivity index (χ1) is 21.6. The molecule has 13 heteroatoms. The van der Waals surface area contributed by atoms with E-state index in [-0.39, 0.29) is 18.7 Å². The number of carbonyl (C=O) groups is 2. The Morgan fingerprint density at radius 3 is 2.38 bits per heavy atom. The van der Waals surface area contributed by atoms with Gasteiger partial charge >= 0.3 is 11.9 Å². The van der Waals surface area contributed by atoms with E-state index in [1.807, 2.05) is 53.9 Å². The van der Waals surface area contributed by atoms with Crippen molar-refractivity contribution in [1.29, 1.82) is 0 Å². The van der Waals surface area contributed by atoms with Crippen molar-refractivity contribution in [3.05, 3.63) is 99.9 Å². The van der Waals surface area contributed by atoms with Gasteiger partial charge in [-0.3, -0.25) is 4.79 Å². The average Bonchev–Trinajstić information content (AvgIpc) is 3.52. The van der Waals surface area contributed by atoms with Crippen LogP contribution in [0.15, 0.2) is 78.2 Å². The van der Waals surface area contributed by atoms with Crippen molar-refractivity contribution in [2.45, 2.75) is 19.6 Å². The minimum absolute atomic E-state index is 0.229. The van der Waals surface area contributed by atoms with Crippen LogP contribution in [0.2, 0.25) is 0 Å². The molecule has 0 aliphatic carbocycles. The van der Waals surface area contributed by atoms with Gasteiger partial charge < -0.3 is 19.8 Å². The Kier molecular flexibility index (Phi) is 9.80. The molecule has 0 saturated carbocycles. The zero-order valence-corrected chi connectivity index (χ0v) is 25.8. The number of benzene rings is 3. The van der Waals surface area contributed by atoms with Crippen molar-refractivity contribution in [3.63, 3.8) is 0 Å². The van der Waals surface area contributed by atoms with Gasteiger partial charge in [0.15, 0.2) is 5.01 Å². The van der Waals surface area contributed by atoms with E-state index in [9.17, 15) is 18.0 Å². The summed E-state index contributed by atoms with van der Waals surface area (Å²) in [6.07, 6.45) is 0. The lowest BCUT2D eigenvalue weighted by Crippen LogP contribution is -2.54. The number of nitrogens with one attached hydrogen (secondary N) is 1. The summed E-state index contributed by atoms with van der Waals surface area (Å²) in [6.45, 7) is 3.03. The highest BCUT2D eigenvalue weighted by Gasteiger charge is 2.29. The largest absolute Gasteiger partial charge is 0.489 e. The molecule has 0 unspecified atom stereocenters. The molecule has 5 rings (SSSR count). The van der Waals surface area contributed by atoms with E-state index < -0.39 is 28.2 Å².